The van der Waals surface area contributed by atoms with Crippen LogP contribution in [0, 0.1) is 0 Å². The summed E-state index contributed by atoms with van der Waals surface area (Å²) in [6.07, 6.45) is 0. The van der Waals surface area contributed by atoms with Crippen molar-refractivity contribution in [3.05, 3.63) is 72.0 Å². The van der Waals surface area contributed by atoms with E-state index in [1.54, 1.807) is 23.5 Å². The Balaban J connectivity index is 1.56. The molecule has 1 amide bonds. The van der Waals surface area contributed by atoms with E-state index in [2.05, 4.69) is 15.2 Å². The molecule has 6 heteroatoms. The SMILES string of the molecule is CN(C)Cc1ccccc1NC(=O)c1ccc(-c2nc3ccccc3s2)o1. The van der Waals surface area contributed by atoms with Gasteiger partial charge in [0.25, 0.3) is 5.91 Å². The Morgan fingerprint density at radius 2 is 1.85 bits per heavy atom. The van der Waals surface area contributed by atoms with Crippen molar-refractivity contribution < 1.29 is 9.21 Å². The van der Waals surface area contributed by atoms with E-state index in [1.165, 1.54) is 0 Å². The van der Waals surface area contributed by atoms with Gasteiger partial charge in [-0.3, -0.25) is 4.79 Å². The highest BCUT2D eigenvalue weighted by Crippen LogP contribution is 2.31. The number of thiazole rings is 1. The number of carbonyl (C=O) groups excluding carboxylic acids is 1. The molecule has 0 aliphatic rings. The monoisotopic (exact) mass is 377 g/mol. The Hall–Kier alpha value is -2.96. The third-order valence-corrected chi connectivity index (χ3v) is 5.14. The fourth-order valence-electron chi connectivity index (χ4n) is 2.86. The van der Waals surface area contributed by atoms with E-state index in [0.29, 0.717) is 5.76 Å². The quantitative estimate of drug-likeness (QED) is 0.539. The van der Waals surface area contributed by atoms with Gasteiger partial charge in [0.1, 0.15) is 0 Å². The molecule has 0 radical (unpaired) electrons. The summed E-state index contributed by atoms with van der Waals surface area (Å²) >= 11 is 1.55. The van der Waals surface area contributed by atoms with Crippen LogP contribution < -0.4 is 5.32 Å². The highest BCUT2D eigenvalue weighted by atomic mass is 32.1. The van der Waals surface area contributed by atoms with Gasteiger partial charge in [0.15, 0.2) is 16.5 Å². The Bertz CT molecular complexity index is 1060. The summed E-state index contributed by atoms with van der Waals surface area (Å²) in [5, 5.41) is 3.71. The average molecular weight is 377 g/mol. The van der Waals surface area contributed by atoms with Crippen molar-refractivity contribution in [2.45, 2.75) is 6.54 Å². The molecule has 27 heavy (non-hydrogen) atoms. The largest absolute Gasteiger partial charge is 0.448 e. The van der Waals surface area contributed by atoms with E-state index >= 15 is 0 Å². The van der Waals surface area contributed by atoms with Crippen molar-refractivity contribution in [2.75, 3.05) is 19.4 Å². The van der Waals surface area contributed by atoms with Gasteiger partial charge in [0.05, 0.1) is 10.2 Å². The topological polar surface area (TPSA) is 58.4 Å². The van der Waals surface area contributed by atoms with E-state index in [-0.39, 0.29) is 11.7 Å². The fourth-order valence-corrected chi connectivity index (χ4v) is 3.78. The van der Waals surface area contributed by atoms with E-state index < -0.39 is 0 Å². The van der Waals surface area contributed by atoms with Gasteiger partial charge in [-0.05, 0) is 50.0 Å². The molecule has 0 atom stereocenters. The van der Waals surface area contributed by atoms with Crippen molar-refractivity contribution in [3.63, 3.8) is 0 Å². The predicted molar refractivity (Wildman–Crippen MR) is 109 cm³/mol. The maximum atomic E-state index is 12.6. The lowest BCUT2D eigenvalue weighted by atomic mass is 10.1. The lowest BCUT2D eigenvalue weighted by molar-refractivity contribution is 0.0997. The molecule has 0 unspecified atom stereocenters. The third kappa shape index (κ3) is 3.77. The number of benzene rings is 2. The Morgan fingerprint density at radius 1 is 1.07 bits per heavy atom. The summed E-state index contributed by atoms with van der Waals surface area (Å²) in [4.78, 5) is 19.3. The van der Waals surface area contributed by atoms with Crippen LogP contribution in [0.2, 0.25) is 0 Å². The second-order valence-electron chi connectivity index (χ2n) is 6.50. The molecule has 4 aromatic rings. The van der Waals surface area contributed by atoms with Crippen LogP contribution in [-0.4, -0.2) is 29.9 Å². The van der Waals surface area contributed by atoms with Crippen LogP contribution in [0.4, 0.5) is 5.69 Å². The van der Waals surface area contributed by atoms with Gasteiger partial charge in [0, 0.05) is 12.2 Å². The minimum Gasteiger partial charge on any atom is -0.448 e. The number of aromatic nitrogens is 1. The van der Waals surface area contributed by atoms with Crippen molar-refractivity contribution >= 4 is 33.1 Å². The number of hydrogen-bond acceptors (Lipinski definition) is 5. The standard InChI is InChI=1S/C21H19N3O2S/c1-24(2)13-14-7-3-4-8-15(14)22-20(25)17-11-12-18(26-17)21-23-16-9-5-6-10-19(16)27-21/h3-12H,13H2,1-2H3,(H,22,25). The van der Waals surface area contributed by atoms with Gasteiger partial charge in [-0.25, -0.2) is 4.98 Å². The van der Waals surface area contributed by atoms with Crippen LogP contribution in [-0.2, 0) is 6.54 Å². The van der Waals surface area contributed by atoms with E-state index in [9.17, 15) is 4.79 Å². The first kappa shape index (κ1) is 17.5. The Kier molecular flexibility index (Phi) is 4.75. The van der Waals surface area contributed by atoms with Gasteiger partial charge < -0.3 is 14.6 Å². The number of para-hydroxylation sites is 2. The first-order valence-corrected chi connectivity index (χ1v) is 9.41. The summed E-state index contributed by atoms with van der Waals surface area (Å²) in [5.74, 6) is 0.598. The molecule has 0 aliphatic carbocycles. The zero-order chi connectivity index (χ0) is 18.8. The van der Waals surface area contributed by atoms with Crippen LogP contribution in [0.1, 0.15) is 16.1 Å². The number of nitrogens with zero attached hydrogens (tertiary/aromatic N) is 2. The molecule has 0 fully saturated rings. The van der Waals surface area contributed by atoms with Crippen molar-refractivity contribution in [3.8, 4) is 10.8 Å². The molecule has 0 saturated carbocycles. The smallest absolute Gasteiger partial charge is 0.291 e. The van der Waals surface area contributed by atoms with Crippen LogP contribution in [0.25, 0.3) is 21.0 Å². The Labute approximate surface area is 161 Å². The van der Waals surface area contributed by atoms with E-state index in [1.807, 2.05) is 62.6 Å². The zero-order valence-electron chi connectivity index (χ0n) is 15.1. The first-order chi connectivity index (χ1) is 13.1. The van der Waals surface area contributed by atoms with E-state index in [4.69, 9.17) is 4.42 Å². The Morgan fingerprint density at radius 3 is 2.67 bits per heavy atom. The van der Waals surface area contributed by atoms with Crippen LogP contribution >= 0.6 is 11.3 Å². The summed E-state index contributed by atoms with van der Waals surface area (Å²) < 4.78 is 6.87. The number of rotatable bonds is 5. The molecule has 136 valence electrons. The van der Waals surface area contributed by atoms with Crippen LogP contribution in [0.5, 0.6) is 0 Å². The molecule has 1 N–H and O–H groups in total. The molecule has 5 nitrogen and oxygen atoms in total. The van der Waals surface area contributed by atoms with Gasteiger partial charge in [-0.1, -0.05) is 30.3 Å². The summed E-state index contributed by atoms with van der Waals surface area (Å²) in [7, 11) is 3.99. The summed E-state index contributed by atoms with van der Waals surface area (Å²) in [5.41, 5.74) is 2.76. The van der Waals surface area contributed by atoms with Gasteiger partial charge in [0.2, 0.25) is 0 Å². The molecule has 0 aliphatic heterocycles. The molecule has 4 rings (SSSR count). The number of anilines is 1. The third-order valence-electron chi connectivity index (χ3n) is 4.09. The zero-order valence-corrected chi connectivity index (χ0v) is 15.9. The highest BCUT2D eigenvalue weighted by Gasteiger charge is 2.16. The van der Waals surface area contributed by atoms with Gasteiger partial charge in [-0.15, -0.1) is 11.3 Å². The number of fused-ring (bicyclic) bond motifs is 1. The van der Waals surface area contributed by atoms with Crippen LogP contribution in [0.15, 0.2) is 65.1 Å². The predicted octanol–water partition coefficient (Wildman–Crippen LogP) is 4.87. The number of nitrogens with one attached hydrogen (secondary N) is 1. The van der Waals surface area contributed by atoms with Gasteiger partial charge >= 0.3 is 0 Å². The normalized spacial score (nSPS) is 11.2. The minimum absolute atomic E-state index is 0.268. The molecule has 2 heterocycles. The van der Waals surface area contributed by atoms with Crippen molar-refractivity contribution in [1.82, 2.24) is 9.88 Å². The van der Waals surface area contributed by atoms with Gasteiger partial charge in [-0.2, -0.15) is 0 Å². The number of furan rings is 1. The number of carbonyl (C=O) groups is 1. The van der Waals surface area contributed by atoms with Crippen LogP contribution in [0.3, 0.4) is 0 Å². The maximum absolute atomic E-state index is 12.6. The summed E-state index contributed by atoms with van der Waals surface area (Å²) in [6, 6.07) is 19.2. The lowest BCUT2D eigenvalue weighted by Gasteiger charge is -2.14. The first-order valence-electron chi connectivity index (χ1n) is 8.60. The fraction of sp³-hybridized carbons (Fsp3) is 0.143. The lowest BCUT2D eigenvalue weighted by Crippen LogP contribution is -2.16. The summed E-state index contributed by atoms with van der Waals surface area (Å²) in [6.45, 7) is 0.742. The minimum atomic E-state index is -0.270. The van der Waals surface area contributed by atoms with Crippen molar-refractivity contribution in [1.29, 1.82) is 0 Å². The van der Waals surface area contributed by atoms with E-state index in [0.717, 1.165) is 33.0 Å². The molecule has 0 saturated heterocycles. The molecule has 0 spiro atoms. The molecular weight excluding hydrogens is 358 g/mol. The number of amides is 1. The van der Waals surface area contributed by atoms with Crippen molar-refractivity contribution in [2.24, 2.45) is 0 Å². The molecular formula is C21H19N3O2S. The molecule has 0 bridgehead atoms. The second-order valence-corrected chi connectivity index (χ2v) is 7.53. The number of hydrogen-bond donors (Lipinski definition) is 1. The highest BCUT2D eigenvalue weighted by molar-refractivity contribution is 7.21. The molecule has 2 aromatic heterocycles. The average Bonchev–Trinajstić information content (AvgIpc) is 3.29. The molecule has 2 aromatic carbocycles. The maximum Gasteiger partial charge on any atom is 0.291 e. The second kappa shape index (κ2) is 7.34.